The zero-order valence-electron chi connectivity index (χ0n) is 11.8. The summed E-state index contributed by atoms with van der Waals surface area (Å²) in [5.74, 6) is 0. The lowest BCUT2D eigenvalue weighted by molar-refractivity contribution is 1.14. The highest BCUT2D eigenvalue weighted by atomic mass is 14.9. The van der Waals surface area contributed by atoms with E-state index in [2.05, 4.69) is 53.6 Å². The average Bonchev–Trinajstić information content (AvgIpc) is 2.47. The average molecular weight is 252 g/mol. The second kappa shape index (κ2) is 6.19. The van der Waals surface area contributed by atoms with Crippen LogP contribution >= 0.6 is 0 Å². The van der Waals surface area contributed by atoms with Gasteiger partial charge in [0.15, 0.2) is 0 Å². The molecule has 0 unspecified atom stereocenters. The fraction of sp³-hybridized carbons (Fsp3) is 0.235. The molecule has 1 N–H and O–H groups in total. The molecule has 0 atom stereocenters. The molecule has 2 aromatic rings. The van der Waals surface area contributed by atoms with E-state index in [4.69, 9.17) is 0 Å². The Morgan fingerprint density at radius 1 is 1.00 bits per heavy atom. The van der Waals surface area contributed by atoms with Crippen LogP contribution in [-0.2, 0) is 6.42 Å². The molecule has 0 heterocycles. The highest BCUT2D eigenvalue weighted by Crippen LogP contribution is 2.24. The number of aliphatic imine (C=N–C) groups is 1. The Labute approximate surface area is 115 Å². The molecule has 98 valence electrons. The number of hydrogen-bond donors (Lipinski definition) is 1. The normalized spacial score (nSPS) is 11.4. The maximum atomic E-state index is 4.28. The summed E-state index contributed by atoms with van der Waals surface area (Å²) in [5.41, 5.74) is 5.78. The maximum absolute atomic E-state index is 4.28. The largest absolute Gasteiger partial charge is 0.355 e. The highest BCUT2D eigenvalue weighted by molar-refractivity contribution is 6.04. The number of hydrogen-bond acceptors (Lipinski definition) is 2. The van der Waals surface area contributed by atoms with Crippen molar-refractivity contribution in [2.45, 2.75) is 20.3 Å². The SMILES string of the molecule is CCc1ccccc1Nc1ccccc1C(C)=NC. The van der Waals surface area contributed by atoms with Crippen LogP contribution < -0.4 is 5.32 Å². The van der Waals surface area contributed by atoms with Crippen molar-refractivity contribution in [1.82, 2.24) is 0 Å². The van der Waals surface area contributed by atoms with Gasteiger partial charge in [-0.25, -0.2) is 0 Å². The van der Waals surface area contributed by atoms with Gasteiger partial charge in [-0.3, -0.25) is 4.99 Å². The van der Waals surface area contributed by atoms with Crippen LogP contribution in [0.2, 0.25) is 0 Å². The molecule has 19 heavy (non-hydrogen) atoms. The molecule has 2 rings (SSSR count). The summed E-state index contributed by atoms with van der Waals surface area (Å²) in [6.45, 7) is 4.21. The van der Waals surface area contributed by atoms with E-state index in [-0.39, 0.29) is 0 Å². The van der Waals surface area contributed by atoms with E-state index >= 15 is 0 Å². The molecule has 0 spiro atoms. The van der Waals surface area contributed by atoms with Crippen LogP contribution in [0.15, 0.2) is 53.5 Å². The molecule has 0 aromatic heterocycles. The quantitative estimate of drug-likeness (QED) is 0.800. The molecule has 0 saturated heterocycles. The third kappa shape index (κ3) is 3.02. The number of aryl methyl sites for hydroxylation is 1. The molecule has 0 aliphatic carbocycles. The summed E-state index contributed by atoms with van der Waals surface area (Å²) in [6, 6.07) is 16.7. The Kier molecular flexibility index (Phi) is 4.35. The maximum Gasteiger partial charge on any atom is 0.0476 e. The van der Waals surface area contributed by atoms with E-state index in [1.54, 1.807) is 0 Å². The lowest BCUT2D eigenvalue weighted by atomic mass is 10.1. The minimum Gasteiger partial charge on any atom is -0.355 e. The van der Waals surface area contributed by atoms with Gasteiger partial charge in [0.25, 0.3) is 0 Å². The standard InChI is InChI=1S/C17H20N2/c1-4-14-9-5-7-11-16(14)19-17-12-8-6-10-15(17)13(2)18-3/h5-12,19H,4H2,1-3H3. The van der Waals surface area contributed by atoms with Crippen molar-refractivity contribution >= 4 is 17.1 Å². The molecule has 2 heteroatoms. The van der Waals surface area contributed by atoms with Crippen LogP contribution in [0, 0.1) is 0 Å². The molecular weight excluding hydrogens is 232 g/mol. The van der Waals surface area contributed by atoms with Crippen molar-refractivity contribution in [1.29, 1.82) is 0 Å². The van der Waals surface area contributed by atoms with Gasteiger partial charge in [-0.15, -0.1) is 0 Å². The van der Waals surface area contributed by atoms with Crippen LogP contribution in [0.3, 0.4) is 0 Å². The highest BCUT2D eigenvalue weighted by Gasteiger charge is 2.06. The van der Waals surface area contributed by atoms with Gasteiger partial charge in [-0.05, 0) is 31.0 Å². The summed E-state index contributed by atoms with van der Waals surface area (Å²) in [6.07, 6.45) is 1.02. The van der Waals surface area contributed by atoms with Gasteiger partial charge >= 0.3 is 0 Å². The van der Waals surface area contributed by atoms with Gasteiger partial charge in [0.2, 0.25) is 0 Å². The van der Waals surface area contributed by atoms with Gasteiger partial charge < -0.3 is 5.32 Å². The van der Waals surface area contributed by atoms with Crippen LogP contribution in [0.5, 0.6) is 0 Å². The molecule has 0 fully saturated rings. The number of nitrogens with one attached hydrogen (secondary N) is 1. The van der Waals surface area contributed by atoms with Crippen LogP contribution in [0.1, 0.15) is 25.0 Å². The number of benzene rings is 2. The second-order valence-corrected chi connectivity index (χ2v) is 4.49. The lowest BCUT2D eigenvalue weighted by Gasteiger charge is -2.14. The van der Waals surface area contributed by atoms with Gasteiger partial charge in [-0.1, -0.05) is 43.3 Å². The molecule has 2 nitrogen and oxygen atoms in total. The molecule has 0 radical (unpaired) electrons. The first kappa shape index (κ1) is 13.3. The zero-order valence-corrected chi connectivity index (χ0v) is 11.8. The molecular formula is C17H20N2. The van der Waals surface area contributed by atoms with E-state index in [1.165, 1.54) is 11.3 Å². The first-order chi connectivity index (χ1) is 9.26. The topological polar surface area (TPSA) is 24.4 Å². The Morgan fingerprint density at radius 3 is 2.32 bits per heavy atom. The Balaban J connectivity index is 2.39. The van der Waals surface area contributed by atoms with Gasteiger partial charge in [0.1, 0.15) is 0 Å². The monoisotopic (exact) mass is 252 g/mol. The van der Waals surface area contributed by atoms with E-state index in [0.29, 0.717) is 0 Å². The van der Waals surface area contributed by atoms with E-state index in [1.807, 2.05) is 26.1 Å². The summed E-state index contributed by atoms with van der Waals surface area (Å²) in [7, 11) is 1.83. The number of nitrogens with zero attached hydrogens (tertiary/aromatic N) is 1. The molecule has 0 amide bonds. The van der Waals surface area contributed by atoms with Gasteiger partial charge in [0.05, 0.1) is 0 Å². The van der Waals surface area contributed by atoms with E-state index in [9.17, 15) is 0 Å². The lowest BCUT2D eigenvalue weighted by Crippen LogP contribution is -2.02. The van der Waals surface area contributed by atoms with E-state index in [0.717, 1.165) is 23.4 Å². The minimum atomic E-state index is 1.02. The minimum absolute atomic E-state index is 1.02. The number of anilines is 2. The van der Waals surface area contributed by atoms with Crippen molar-refractivity contribution < 1.29 is 0 Å². The van der Waals surface area contributed by atoms with Gasteiger partial charge in [-0.2, -0.15) is 0 Å². The molecule has 0 aliphatic heterocycles. The van der Waals surface area contributed by atoms with Crippen molar-refractivity contribution in [3.8, 4) is 0 Å². The summed E-state index contributed by atoms with van der Waals surface area (Å²) in [5, 5.41) is 3.53. The van der Waals surface area contributed by atoms with Crippen LogP contribution in [0.4, 0.5) is 11.4 Å². The molecule has 0 bridgehead atoms. The number of rotatable bonds is 4. The zero-order chi connectivity index (χ0) is 13.7. The van der Waals surface area contributed by atoms with Crippen molar-refractivity contribution in [3.63, 3.8) is 0 Å². The first-order valence-electron chi connectivity index (χ1n) is 6.64. The van der Waals surface area contributed by atoms with Crippen molar-refractivity contribution in [3.05, 3.63) is 59.7 Å². The predicted molar refractivity (Wildman–Crippen MR) is 83.7 cm³/mol. The number of para-hydroxylation sites is 2. The van der Waals surface area contributed by atoms with E-state index < -0.39 is 0 Å². The summed E-state index contributed by atoms with van der Waals surface area (Å²) >= 11 is 0. The first-order valence-corrected chi connectivity index (χ1v) is 6.64. The fourth-order valence-electron chi connectivity index (χ4n) is 2.12. The molecule has 2 aromatic carbocycles. The smallest absolute Gasteiger partial charge is 0.0476 e. The predicted octanol–water partition coefficient (Wildman–Crippen LogP) is 4.43. The Morgan fingerprint density at radius 2 is 1.63 bits per heavy atom. The Bertz CT molecular complexity index is 585. The third-order valence-corrected chi connectivity index (χ3v) is 3.32. The van der Waals surface area contributed by atoms with Gasteiger partial charge in [0, 0.05) is 29.7 Å². The Hall–Kier alpha value is -2.09. The third-order valence-electron chi connectivity index (χ3n) is 3.32. The fourth-order valence-corrected chi connectivity index (χ4v) is 2.12. The van der Waals surface area contributed by atoms with Crippen molar-refractivity contribution in [2.24, 2.45) is 4.99 Å². The van der Waals surface area contributed by atoms with Crippen LogP contribution in [-0.4, -0.2) is 12.8 Å². The van der Waals surface area contributed by atoms with Crippen molar-refractivity contribution in [2.75, 3.05) is 12.4 Å². The summed E-state index contributed by atoms with van der Waals surface area (Å²) < 4.78 is 0. The molecule has 0 saturated carbocycles. The molecule has 0 aliphatic rings. The summed E-state index contributed by atoms with van der Waals surface area (Å²) in [4.78, 5) is 4.28. The second-order valence-electron chi connectivity index (χ2n) is 4.49. The van der Waals surface area contributed by atoms with Crippen LogP contribution in [0.25, 0.3) is 0 Å².